The van der Waals surface area contributed by atoms with Crippen molar-refractivity contribution in [2.45, 2.75) is 27.3 Å². The number of amides is 3. The van der Waals surface area contributed by atoms with Crippen LogP contribution >= 0.6 is 0 Å². The maximum absolute atomic E-state index is 13.9. The topological polar surface area (TPSA) is 104 Å². The van der Waals surface area contributed by atoms with Gasteiger partial charge in [0.25, 0.3) is 11.8 Å². The molecule has 0 saturated carbocycles. The van der Waals surface area contributed by atoms with Crippen molar-refractivity contribution in [1.29, 1.82) is 0 Å². The van der Waals surface area contributed by atoms with Gasteiger partial charge in [-0.3, -0.25) is 30.1 Å². The Hall–Kier alpha value is -3.98. The van der Waals surface area contributed by atoms with E-state index < -0.39 is 23.5 Å². The lowest BCUT2D eigenvalue weighted by molar-refractivity contribution is 0.0829. The number of benzene rings is 2. The zero-order valence-electron chi connectivity index (χ0n) is 19.3. The molecule has 0 radical (unpaired) electrons. The molecule has 8 nitrogen and oxygen atoms in total. The first-order valence-electron chi connectivity index (χ1n) is 10.9. The molecule has 0 aliphatic heterocycles. The third-order valence-corrected chi connectivity index (χ3v) is 5.32. The minimum absolute atomic E-state index is 0.0733. The van der Waals surface area contributed by atoms with E-state index in [-0.39, 0.29) is 16.9 Å². The Morgan fingerprint density at radius 2 is 1.62 bits per heavy atom. The highest BCUT2D eigenvalue weighted by atomic mass is 19.1. The molecule has 0 unspecified atom stereocenters. The molecular formula is C25H27FN4O4. The quantitative estimate of drug-likeness (QED) is 0.437. The van der Waals surface area contributed by atoms with Gasteiger partial charge in [-0.2, -0.15) is 0 Å². The van der Waals surface area contributed by atoms with Crippen LogP contribution in [0.1, 0.15) is 56.4 Å². The fourth-order valence-electron chi connectivity index (χ4n) is 3.23. The van der Waals surface area contributed by atoms with Crippen LogP contribution in [0.5, 0.6) is 0 Å². The van der Waals surface area contributed by atoms with Crippen LogP contribution in [0.3, 0.4) is 0 Å². The zero-order valence-corrected chi connectivity index (χ0v) is 19.3. The summed E-state index contributed by atoms with van der Waals surface area (Å²) in [6.07, 6.45) is 0. The summed E-state index contributed by atoms with van der Waals surface area (Å²) >= 11 is 0. The van der Waals surface area contributed by atoms with Crippen LogP contribution in [0.25, 0.3) is 0 Å². The maximum atomic E-state index is 13.9. The lowest BCUT2D eigenvalue weighted by atomic mass is 10.1. The number of aryl methyl sites for hydroxylation is 1. The Morgan fingerprint density at radius 1 is 0.912 bits per heavy atom. The Kier molecular flexibility index (Phi) is 8.15. The zero-order chi connectivity index (χ0) is 24.7. The summed E-state index contributed by atoms with van der Waals surface area (Å²) in [6, 6.07) is 13.5. The smallest absolute Gasteiger partial charge is 0.305 e. The summed E-state index contributed by atoms with van der Waals surface area (Å²) < 4.78 is 19.5. The number of hydrogen-bond donors (Lipinski definition) is 3. The number of furan rings is 1. The van der Waals surface area contributed by atoms with Crippen molar-refractivity contribution >= 4 is 23.4 Å². The molecule has 0 fully saturated rings. The minimum atomic E-state index is -0.646. The van der Waals surface area contributed by atoms with Crippen molar-refractivity contribution in [3.05, 3.63) is 88.6 Å². The van der Waals surface area contributed by atoms with Gasteiger partial charge >= 0.3 is 5.91 Å². The standard InChI is InChI=1S/C25H27FN4O4/c1-4-30(5-2)15-18-12-13-22(34-18)25(33)29-28-23(31)17-11-10-16(3)21(14-17)27-24(32)19-8-6-7-9-20(19)26/h6-14H,4-5,15H2,1-3H3,(H,27,32)(H,28,31)(H,29,33). The minimum Gasteiger partial charge on any atom is -0.454 e. The van der Waals surface area contributed by atoms with Crippen LogP contribution in [-0.2, 0) is 6.54 Å². The molecule has 1 heterocycles. The molecule has 34 heavy (non-hydrogen) atoms. The highest BCUT2D eigenvalue weighted by molar-refractivity contribution is 6.06. The number of halogens is 1. The second-order valence-electron chi connectivity index (χ2n) is 7.60. The van der Waals surface area contributed by atoms with Gasteiger partial charge < -0.3 is 9.73 Å². The van der Waals surface area contributed by atoms with Crippen LogP contribution in [0.4, 0.5) is 10.1 Å². The Labute approximate surface area is 197 Å². The van der Waals surface area contributed by atoms with Crippen molar-refractivity contribution in [1.82, 2.24) is 15.8 Å². The van der Waals surface area contributed by atoms with Gasteiger partial charge in [0.15, 0.2) is 5.76 Å². The van der Waals surface area contributed by atoms with Crippen molar-refractivity contribution in [2.75, 3.05) is 18.4 Å². The number of nitrogens with zero attached hydrogens (tertiary/aromatic N) is 1. The molecule has 2 aromatic carbocycles. The highest BCUT2D eigenvalue weighted by Crippen LogP contribution is 2.19. The van der Waals surface area contributed by atoms with E-state index in [2.05, 4.69) is 21.1 Å². The number of nitrogens with one attached hydrogen (secondary N) is 3. The molecule has 1 aromatic heterocycles. The van der Waals surface area contributed by atoms with Crippen molar-refractivity contribution in [3.8, 4) is 0 Å². The van der Waals surface area contributed by atoms with Crippen LogP contribution in [0, 0.1) is 12.7 Å². The van der Waals surface area contributed by atoms with Gasteiger partial charge in [0, 0.05) is 11.3 Å². The Bertz CT molecular complexity index is 1190. The third kappa shape index (κ3) is 6.08. The third-order valence-electron chi connectivity index (χ3n) is 5.32. The highest BCUT2D eigenvalue weighted by Gasteiger charge is 2.16. The average Bonchev–Trinajstić information content (AvgIpc) is 3.31. The van der Waals surface area contributed by atoms with E-state index in [9.17, 15) is 18.8 Å². The van der Waals surface area contributed by atoms with E-state index in [0.29, 0.717) is 23.6 Å². The Morgan fingerprint density at radius 3 is 2.32 bits per heavy atom. The summed E-state index contributed by atoms with van der Waals surface area (Å²) in [6.45, 7) is 8.11. The van der Waals surface area contributed by atoms with E-state index in [1.54, 1.807) is 37.3 Å². The predicted octanol–water partition coefficient (Wildman–Crippen LogP) is 3.90. The molecule has 3 rings (SSSR count). The summed E-state index contributed by atoms with van der Waals surface area (Å²) in [5, 5.41) is 2.62. The Balaban J connectivity index is 1.62. The van der Waals surface area contributed by atoms with Gasteiger partial charge in [-0.1, -0.05) is 32.0 Å². The van der Waals surface area contributed by atoms with Gasteiger partial charge in [0.2, 0.25) is 0 Å². The first-order valence-corrected chi connectivity index (χ1v) is 10.9. The molecule has 3 aromatic rings. The van der Waals surface area contributed by atoms with Gasteiger partial charge in [-0.15, -0.1) is 0 Å². The first kappa shape index (κ1) is 24.7. The fourth-order valence-corrected chi connectivity index (χ4v) is 3.23. The van der Waals surface area contributed by atoms with Gasteiger partial charge in [0.05, 0.1) is 12.1 Å². The molecule has 0 saturated heterocycles. The summed E-state index contributed by atoms with van der Waals surface area (Å²) in [5.74, 6) is -1.75. The lowest BCUT2D eigenvalue weighted by Crippen LogP contribution is -2.41. The predicted molar refractivity (Wildman–Crippen MR) is 126 cm³/mol. The second-order valence-corrected chi connectivity index (χ2v) is 7.60. The van der Waals surface area contributed by atoms with Crippen LogP contribution < -0.4 is 16.2 Å². The van der Waals surface area contributed by atoms with Gasteiger partial charge in [-0.05, 0) is 62.0 Å². The monoisotopic (exact) mass is 466 g/mol. The van der Waals surface area contributed by atoms with E-state index >= 15 is 0 Å². The molecule has 0 aliphatic carbocycles. The number of anilines is 1. The van der Waals surface area contributed by atoms with Crippen LogP contribution in [-0.4, -0.2) is 35.7 Å². The molecule has 0 atom stereocenters. The number of carbonyl (C=O) groups excluding carboxylic acids is 3. The molecule has 178 valence electrons. The van der Waals surface area contributed by atoms with Crippen molar-refractivity contribution < 1.29 is 23.2 Å². The molecule has 3 N–H and O–H groups in total. The maximum Gasteiger partial charge on any atom is 0.305 e. The summed E-state index contributed by atoms with van der Waals surface area (Å²) in [7, 11) is 0. The van der Waals surface area contributed by atoms with Crippen molar-refractivity contribution in [2.24, 2.45) is 0 Å². The van der Waals surface area contributed by atoms with E-state index in [0.717, 1.165) is 13.1 Å². The molecule has 9 heteroatoms. The first-order chi connectivity index (χ1) is 16.3. The molecule has 0 spiro atoms. The number of hydrazine groups is 1. The van der Waals surface area contributed by atoms with E-state index in [4.69, 9.17) is 4.42 Å². The number of carbonyl (C=O) groups is 3. The fraction of sp³-hybridized carbons (Fsp3) is 0.240. The summed E-state index contributed by atoms with van der Waals surface area (Å²) in [4.78, 5) is 39.5. The van der Waals surface area contributed by atoms with E-state index in [1.165, 1.54) is 24.3 Å². The van der Waals surface area contributed by atoms with Crippen molar-refractivity contribution in [3.63, 3.8) is 0 Å². The molecule has 3 amide bonds. The molecule has 0 bridgehead atoms. The lowest BCUT2D eigenvalue weighted by Gasteiger charge is -2.15. The second kappa shape index (κ2) is 11.2. The number of hydrogen-bond acceptors (Lipinski definition) is 5. The number of rotatable bonds is 8. The van der Waals surface area contributed by atoms with Crippen LogP contribution in [0.2, 0.25) is 0 Å². The average molecular weight is 467 g/mol. The van der Waals surface area contributed by atoms with Crippen LogP contribution in [0.15, 0.2) is 59.0 Å². The summed E-state index contributed by atoms with van der Waals surface area (Å²) in [5.41, 5.74) is 5.76. The molecular weight excluding hydrogens is 439 g/mol. The van der Waals surface area contributed by atoms with Gasteiger partial charge in [-0.25, -0.2) is 4.39 Å². The largest absolute Gasteiger partial charge is 0.454 e. The SMILES string of the molecule is CCN(CC)Cc1ccc(C(=O)NNC(=O)c2ccc(C)c(NC(=O)c3ccccc3F)c2)o1. The van der Waals surface area contributed by atoms with Gasteiger partial charge in [0.1, 0.15) is 11.6 Å². The normalized spacial score (nSPS) is 10.7. The van der Waals surface area contributed by atoms with E-state index in [1.807, 2.05) is 13.8 Å². The molecule has 0 aliphatic rings.